The summed E-state index contributed by atoms with van der Waals surface area (Å²) >= 11 is 0. The highest BCUT2D eigenvalue weighted by Crippen LogP contribution is 2.10. The minimum absolute atomic E-state index is 0.241. The second-order valence-electron chi connectivity index (χ2n) is 3.27. The largest absolute Gasteiger partial charge is 0.453 e. The molecule has 0 aliphatic carbocycles. The fourth-order valence-electron chi connectivity index (χ4n) is 1.14. The van der Waals surface area contributed by atoms with Crippen LogP contribution in [0.5, 0.6) is 0 Å². The molecule has 0 spiro atoms. The number of hydrazine groups is 1. The van der Waals surface area contributed by atoms with E-state index in [0.717, 1.165) is 0 Å². The second-order valence-corrected chi connectivity index (χ2v) is 3.27. The number of hydrogen-bond acceptors (Lipinski definition) is 5. The Morgan fingerprint density at radius 2 is 1.68 bits per heavy atom. The molecule has 0 unspecified atom stereocenters. The van der Waals surface area contributed by atoms with Crippen LogP contribution in [0.1, 0.15) is 10.4 Å². The summed E-state index contributed by atoms with van der Waals surface area (Å²) < 4.78 is 8.71. The number of nitrogens with one attached hydrogen (secondary N) is 3. The molecule has 1 aromatic carbocycles. The monoisotopic (exact) mass is 267 g/mol. The predicted octanol–water partition coefficient (Wildman–Crippen LogP) is 0.866. The third-order valence-electron chi connectivity index (χ3n) is 2.02. The van der Waals surface area contributed by atoms with Gasteiger partial charge in [0.2, 0.25) is 0 Å². The summed E-state index contributed by atoms with van der Waals surface area (Å²) in [6, 6.07) is 6.09. The zero-order valence-corrected chi connectivity index (χ0v) is 10.4. The molecule has 102 valence electrons. The van der Waals surface area contributed by atoms with Gasteiger partial charge in [-0.25, -0.2) is 15.0 Å². The van der Waals surface area contributed by atoms with Crippen LogP contribution < -0.4 is 16.2 Å². The molecule has 3 N–H and O–H groups in total. The highest BCUT2D eigenvalue weighted by molar-refractivity contribution is 5.96. The van der Waals surface area contributed by atoms with Crippen molar-refractivity contribution in [2.75, 3.05) is 19.5 Å². The molecule has 3 amide bonds. The first kappa shape index (κ1) is 14.3. The Bertz CT molecular complexity index is 489. The fraction of sp³-hybridized carbons (Fsp3) is 0.182. The fourth-order valence-corrected chi connectivity index (χ4v) is 1.14. The maximum Gasteiger partial charge on any atom is 0.425 e. The number of ether oxygens (including phenoxy) is 2. The smallest absolute Gasteiger partial charge is 0.425 e. The maximum absolute atomic E-state index is 11.6. The maximum atomic E-state index is 11.6. The summed E-state index contributed by atoms with van der Waals surface area (Å²) in [5, 5.41) is 2.41. The minimum atomic E-state index is -0.794. The molecule has 0 saturated heterocycles. The SMILES string of the molecule is COC(=O)NNC(=O)c1cccc(NC(=O)OC)c1. The van der Waals surface area contributed by atoms with Gasteiger partial charge in [0.15, 0.2) is 0 Å². The number of anilines is 1. The average Bonchev–Trinajstić information content (AvgIpc) is 2.44. The molecule has 19 heavy (non-hydrogen) atoms. The van der Waals surface area contributed by atoms with Crippen molar-refractivity contribution in [3.63, 3.8) is 0 Å². The van der Waals surface area contributed by atoms with E-state index in [-0.39, 0.29) is 5.56 Å². The molecule has 0 aromatic heterocycles. The molecular weight excluding hydrogens is 254 g/mol. The topological polar surface area (TPSA) is 106 Å². The van der Waals surface area contributed by atoms with Gasteiger partial charge in [-0.1, -0.05) is 6.07 Å². The lowest BCUT2D eigenvalue weighted by atomic mass is 10.2. The van der Waals surface area contributed by atoms with Crippen LogP contribution in [0, 0.1) is 0 Å². The third kappa shape index (κ3) is 4.54. The molecule has 0 atom stereocenters. The van der Waals surface area contributed by atoms with Crippen LogP contribution in [0.3, 0.4) is 0 Å². The molecular formula is C11H13N3O5. The van der Waals surface area contributed by atoms with Gasteiger partial charge in [0.25, 0.3) is 5.91 Å². The third-order valence-corrected chi connectivity index (χ3v) is 2.02. The van der Waals surface area contributed by atoms with Crippen molar-refractivity contribution in [2.24, 2.45) is 0 Å². The molecule has 1 rings (SSSR count). The van der Waals surface area contributed by atoms with Gasteiger partial charge >= 0.3 is 12.2 Å². The standard InChI is InChI=1S/C11H13N3O5/c1-18-10(16)12-8-5-3-4-7(6-8)9(15)13-14-11(17)19-2/h3-6H,1-2H3,(H,12,16)(H,13,15)(H,14,17). The molecule has 0 bridgehead atoms. The van der Waals surface area contributed by atoms with E-state index < -0.39 is 18.1 Å². The Labute approximate surface area is 109 Å². The van der Waals surface area contributed by atoms with E-state index in [1.54, 1.807) is 12.1 Å². The number of carbonyl (C=O) groups excluding carboxylic acids is 3. The Balaban J connectivity index is 2.67. The van der Waals surface area contributed by atoms with Gasteiger partial charge in [0, 0.05) is 11.3 Å². The second kappa shape index (κ2) is 6.84. The quantitative estimate of drug-likeness (QED) is 0.689. The minimum Gasteiger partial charge on any atom is -0.453 e. The van der Waals surface area contributed by atoms with Gasteiger partial charge in [-0.15, -0.1) is 0 Å². The van der Waals surface area contributed by atoms with Crippen LogP contribution in [-0.4, -0.2) is 32.3 Å². The van der Waals surface area contributed by atoms with Crippen molar-refractivity contribution in [1.29, 1.82) is 0 Å². The molecule has 0 radical (unpaired) electrons. The van der Waals surface area contributed by atoms with E-state index in [4.69, 9.17) is 0 Å². The van der Waals surface area contributed by atoms with Gasteiger partial charge in [0.05, 0.1) is 14.2 Å². The molecule has 0 heterocycles. The summed E-state index contributed by atoms with van der Waals surface area (Å²) in [4.78, 5) is 33.4. The van der Waals surface area contributed by atoms with Gasteiger partial charge in [0.1, 0.15) is 0 Å². The number of carbonyl (C=O) groups is 3. The van der Waals surface area contributed by atoms with E-state index in [9.17, 15) is 14.4 Å². The normalized spacial score (nSPS) is 9.16. The van der Waals surface area contributed by atoms with E-state index in [1.807, 2.05) is 5.43 Å². The lowest BCUT2D eigenvalue weighted by Crippen LogP contribution is -2.41. The van der Waals surface area contributed by atoms with Crippen LogP contribution in [0.2, 0.25) is 0 Å². The van der Waals surface area contributed by atoms with Gasteiger partial charge in [-0.2, -0.15) is 0 Å². The highest BCUT2D eigenvalue weighted by Gasteiger charge is 2.08. The van der Waals surface area contributed by atoms with Gasteiger partial charge in [-0.3, -0.25) is 15.5 Å². The van der Waals surface area contributed by atoms with Crippen LogP contribution in [0.15, 0.2) is 24.3 Å². The molecule has 0 fully saturated rings. The number of methoxy groups -OCH3 is 2. The van der Waals surface area contributed by atoms with E-state index >= 15 is 0 Å². The summed E-state index contributed by atoms with van der Waals surface area (Å²) in [7, 11) is 2.40. The van der Waals surface area contributed by atoms with Crippen molar-refractivity contribution in [2.45, 2.75) is 0 Å². The zero-order valence-electron chi connectivity index (χ0n) is 10.4. The average molecular weight is 267 g/mol. The van der Waals surface area contributed by atoms with Crippen LogP contribution in [0.4, 0.5) is 15.3 Å². The van der Waals surface area contributed by atoms with Crippen molar-refractivity contribution in [1.82, 2.24) is 10.9 Å². The van der Waals surface area contributed by atoms with Crippen molar-refractivity contribution >= 4 is 23.8 Å². The first-order chi connectivity index (χ1) is 9.06. The molecule has 0 aliphatic heterocycles. The number of hydrogen-bond donors (Lipinski definition) is 3. The van der Waals surface area contributed by atoms with Crippen molar-refractivity contribution < 1.29 is 23.9 Å². The van der Waals surface area contributed by atoms with Crippen molar-refractivity contribution in [3.05, 3.63) is 29.8 Å². The number of rotatable bonds is 2. The molecule has 0 aliphatic rings. The van der Waals surface area contributed by atoms with E-state index in [2.05, 4.69) is 20.2 Å². The van der Waals surface area contributed by atoms with Crippen LogP contribution >= 0.6 is 0 Å². The van der Waals surface area contributed by atoms with E-state index in [0.29, 0.717) is 5.69 Å². The lowest BCUT2D eigenvalue weighted by Gasteiger charge is -2.08. The first-order valence-electron chi connectivity index (χ1n) is 5.16. The molecule has 0 saturated carbocycles. The number of amides is 3. The van der Waals surface area contributed by atoms with Crippen LogP contribution in [-0.2, 0) is 9.47 Å². The summed E-state index contributed by atoms with van der Waals surface area (Å²) in [5.41, 5.74) is 4.79. The number of benzene rings is 1. The Kier molecular flexibility index (Phi) is 5.15. The highest BCUT2D eigenvalue weighted by atomic mass is 16.5. The van der Waals surface area contributed by atoms with Gasteiger partial charge in [-0.05, 0) is 18.2 Å². The molecule has 8 heteroatoms. The Morgan fingerprint density at radius 1 is 1.00 bits per heavy atom. The van der Waals surface area contributed by atoms with Crippen molar-refractivity contribution in [3.8, 4) is 0 Å². The summed E-state index contributed by atoms with van der Waals surface area (Å²) in [5.74, 6) is -0.557. The summed E-state index contributed by atoms with van der Waals surface area (Å²) in [6.45, 7) is 0. The molecule has 8 nitrogen and oxygen atoms in total. The zero-order chi connectivity index (χ0) is 14.3. The van der Waals surface area contributed by atoms with Gasteiger partial charge < -0.3 is 9.47 Å². The lowest BCUT2D eigenvalue weighted by molar-refractivity contribution is 0.0920. The van der Waals surface area contributed by atoms with Crippen LogP contribution in [0.25, 0.3) is 0 Å². The summed E-state index contributed by atoms with van der Waals surface area (Å²) in [6.07, 6.45) is -1.44. The predicted molar refractivity (Wildman–Crippen MR) is 65.5 cm³/mol. The Morgan fingerprint density at radius 3 is 2.32 bits per heavy atom. The Hall–Kier alpha value is -2.77. The molecule has 1 aromatic rings. The first-order valence-corrected chi connectivity index (χ1v) is 5.16. The van der Waals surface area contributed by atoms with E-state index in [1.165, 1.54) is 26.4 Å².